The first-order chi connectivity index (χ1) is 23.3. The van der Waals surface area contributed by atoms with Gasteiger partial charge in [-0.2, -0.15) is 13.2 Å². The maximum Gasteiger partial charge on any atom is 0.416 e. The van der Waals surface area contributed by atoms with Crippen LogP contribution in [0.1, 0.15) is 68.0 Å². The number of hydrogen-bond donors (Lipinski definition) is 0. The van der Waals surface area contributed by atoms with E-state index < -0.39 is 48.5 Å². The van der Waals surface area contributed by atoms with Crippen LogP contribution in [0.15, 0.2) is 42.7 Å². The number of alkyl halides is 4. The van der Waals surface area contributed by atoms with Crippen LogP contribution in [-0.4, -0.2) is 66.8 Å². The van der Waals surface area contributed by atoms with Crippen LogP contribution in [0.3, 0.4) is 0 Å². The van der Waals surface area contributed by atoms with Crippen molar-refractivity contribution in [3.63, 3.8) is 0 Å². The van der Waals surface area contributed by atoms with Gasteiger partial charge in [0.05, 0.1) is 68.3 Å². The van der Waals surface area contributed by atoms with Gasteiger partial charge < -0.3 is 24.0 Å². The smallest absolute Gasteiger partial charge is 0.416 e. The van der Waals surface area contributed by atoms with Gasteiger partial charge in [-0.15, -0.1) is 0 Å². The van der Waals surface area contributed by atoms with Crippen molar-refractivity contribution in [2.75, 3.05) is 42.6 Å². The van der Waals surface area contributed by atoms with Gasteiger partial charge in [0.15, 0.2) is 0 Å². The number of fused-ring (bicyclic) bond motifs is 1. The van der Waals surface area contributed by atoms with E-state index in [4.69, 9.17) is 9.47 Å². The molecule has 49 heavy (non-hydrogen) atoms. The van der Waals surface area contributed by atoms with E-state index in [1.54, 1.807) is 24.0 Å². The number of rotatable bonds is 12. The molecule has 0 saturated carbocycles. The van der Waals surface area contributed by atoms with E-state index in [-0.39, 0.29) is 55.4 Å². The minimum absolute atomic E-state index is 0.0679. The number of methoxy groups -OCH3 is 2. The summed E-state index contributed by atoms with van der Waals surface area (Å²) in [5, 5.41) is 0. The van der Waals surface area contributed by atoms with E-state index in [9.17, 15) is 31.9 Å². The third kappa shape index (κ3) is 8.53. The minimum Gasteiger partial charge on any atom is -0.481 e. The fourth-order valence-electron chi connectivity index (χ4n) is 5.62. The number of anilines is 3. The van der Waals surface area contributed by atoms with Crippen molar-refractivity contribution in [2.24, 2.45) is 0 Å². The fourth-order valence-corrected chi connectivity index (χ4v) is 5.62. The molecule has 0 aliphatic carbocycles. The van der Waals surface area contributed by atoms with Crippen LogP contribution in [0.2, 0.25) is 0 Å². The predicted molar refractivity (Wildman–Crippen MR) is 171 cm³/mol. The van der Waals surface area contributed by atoms with Crippen molar-refractivity contribution in [3.8, 4) is 5.88 Å². The summed E-state index contributed by atoms with van der Waals surface area (Å²) < 4.78 is 70.8. The van der Waals surface area contributed by atoms with E-state index in [1.165, 1.54) is 49.5 Å². The van der Waals surface area contributed by atoms with Crippen LogP contribution in [0.4, 0.5) is 39.7 Å². The highest BCUT2D eigenvalue weighted by Crippen LogP contribution is 2.43. The number of amides is 2. The third-order valence-corrected chi connectivity index (χ3v) is 8.13. The summed E-state index contributed by atoms with van der Waals surface area (Å²) in [6.45, 7) is 2.39. The summed E-state index contributed by atoms with van der Waals surface area (Å²) in [6.07, 6.45) is -2.08. The molecule has 1 aliphatic rings. The maximum absolute atomic E-state index is 13.9. The van der Waals surface area contributed by atoms with Gasteiger partial charge in [0.2, 0.25) is 17.7 Å². The van der Waals surface area contributed by atoms with Crippen molar-refractivity contribution in [1.29, 1.82) is 0 Å². The van der Waals surface area contributed by atoms with E-state index in [1.807, 2.05) is 6.92 Å². The van der Waals surface area contributed by atoms with Gasteiger partial charge in [0.25, 0.3) is 0 Å². The molecule has 3 aromatic rings. The van der Waals surface area contributed by atoms with Gasteiger partial charge in [0, 0.05) is 32.1 Å². The molecule has 4 rings (SSSR count). The summed E-state index contributed by atoms with van der Waals surface area (Å²) in [7, 11) is 4.13. The Hall–Kier alpha value is -5.02. The number of pyridine rings is 1. The van der Waals surface area contributed by atoms with Crippen LogP contribution in [-0.2, 0) is 38.5 Å². The summed E-state index contributed by atoms with van der Waals surface area (Å²) in [6, 6.07) is 5.16. The van der Waals surface area contributed by atoms with Gasteiger partial charge in [-0.1, -0.05) is 13.0 Å². The van der Waals surface area contributed by atoms with Crippen LogP contribution in [0, 0.1) is 0 Å². The Kier molecular flexibility index (Phi) is 12.0. The molecule has 0 unspecified atom stereocenters. The Morgan fingerprint density at radius 3 is 2.31 bits per heavy atom. The second-order valence-electron chi connectivity index (χ2n) is 11.2. The second kappa shape index (κ2) is 15.9. The summed E-state index contributed by atoms with van der Waals surface area (Å²) in [4.78, 5) is 55.5. The molecule has 1 aliphatic heterocycles. The number of nitrogens with zero attached hydrogens (tertiary/aromatic N) is 6. The lowest BCUT2D eigenvalue weighted by atomic mass is 9.92. The number of halogens is 4. The normalized spacial score (nSPS) is 15.7. The zero-order chi connectivity index (χ0) is 35.9. The van der Waals surface area contributed by atoms with Crippen LogP contribution >= 0.6 is 0 Å². The quantitative estimate of drug-likeness (QED) is 0.161. The van der Waals surface area contributed by atoms with Crippen molar-refractivity contribution in [3.05, 3.63) is 65.1 Å². The average Bonchev–Trinajstić information content (AvgIpc) is 3.10. The van der Waals surface area contributed by atoms with Crippen LogP contribution in [0.5, 0.6) is 5.88 Å². The Morgan fingerprint density at radius 1 is 1.02 bits per heavy atom. The fraction of sp³-hybridized carbons (Fsp3) is 0.455. The number of benzene rings is 1. The van der Waals surface area contributed by atoms with Gasteiger partial charge >= 0.3 is 18.2 Å². The Morgan fingerprint density at radius 2 is 1.71 bits per heavy atom. The lowest BCUT2D eigenvalue weighted by molar-refractivity contribution is -0.142. The van der Waals surface area contributed by atoms with Gasteiger partial charge in [-0.3, -0.25) is 14.5 Å². The molecule has 264 valence electrons. The molecule has 2 aromatic heterocycles. The number of aromatic nitrogens is 3. The molecule has 2 amide bonds. The highest BCUT2D eigenvalue weighted by atomic mass is 19.4. The number of esters is 1. The molecular weight excluding hydrogens is 652 g/mol. The molecule has 12 nitrogen and oxygen atoms in total. The van der Waals surface area contributed by atoms with Crippen molar-refractivity contribution in [1.82, 2.24) is 15.0 Å². The molecular formula is C33H38F4N6O6. The third-order valence-electron chi connectivity index (χ3n) is 8.13. The number of hydrogen-bond acceptors (Lipinski definition) is 10. The lowest BCUT2D eigenvalue weighted by Crippen LogP contribution is -2.48. The summed E-state index contributed by atoms with van der Waals surface area (Å²) in [5.74, 6) is -0.647. The average molecular weight is 691 g/mol. The van der Waals surface area contributed by atoms with Crippen LogP contribution in [0.25, 0.3) is 0 Å². The predicted octanol–water partition coefficient (Wildman–Crippen LogP) is 6.18. The molecule has 16 heteroatoms. The zero-order valence-corrected chi connectivity index (χ0v) is 27.8. The highest BCUT2D eigenvalue weighted by Gasteiger charge is 2.41. The Labute approximate surface area is 281 Å². The monoisotopic (exact) mass is 690 g/mol. The van der Waals surface area contributed by atoms with Gasteiger partial charge in [-0.25, -0.2) is 24.1 Å². The van der Waals surface area contributed by atoms with Crippen molar-refractivity contribution >= 4 is 35.3 Å². The first kappa shape index (κ1) is 36.8. The summed E-state index contributed by atoms with van der Waals surface area (Å²) >= 11 is 0. The molecule has 0 spiro atoms. The van der Waals surface area contributed by atoms with Gasteiger partial charge in [-0.05, 0) is 49.1 Å². The summed E-state index contributed by atoms with van der Waals surface area (Å²) in [5.41, 5.74) is 0.0317. The molecule has 0 radical (unpaired) electrons. The van der Waals surface area contributed by atoms with Crippen LogP contribution < -0.4 is 19.4 Å². The SMILES string of the molecule is CCOC(=O)N1c2ccc(OC)nc2[C@@H](N(Cc2cc(CF)cc(C(F)(F)F)c2)c2ncc(N(C)C(=O)CCC(=O)OC)cn2)C[C@H]1CC. The van der Waals surface area contributed by atoms with E-state index >= 15 is 0 Å². The maximum atomic E-state index is 13.9. The van der Waals surface area contributed by atoms with E-state index in [0.717, 1.165) is 12.1 Å². The standard InChI is InChI=1S/C33H38F4N6O6/c1-6-23-15-26(30-25(8-9-27(40-30)47-4)43(23)32(46)49-7-2)42(19-21-12-20(16-34)13-22(14-21)33(35,36)37)31-38-17-24(18-39-31)41(3)28(44)10-11-29(45)48-5/h8-9,12-14,17-18,23,26H,6-7,10-11,15-16,19H2,1-5H3/t23-,26+/m1/s1. The van der Waals surface area contributed by atoms with E-state index in [0.29, 0.717) is 23.5 Å². The van der Waals surface area contributed by atoms with Gasteiger partial charge in [0.1, 0.15) is 6.67 Å². The molecule has 3 heterocycles. The Balaban J connectivity index is 1.84. The molecule has 0 bridgehead atoms. The first-order valence-electron chi connectivity index (χ1n) is 15.5. The molecule has 1 aromatic carbocycles. The number of carbonyl (C=O) groups excluding carboxylic acids is 3. The second-order valence-corrected chi connectivity index (χ2v) is 11.2. The Bertz CT molecular complexity index is 1640. The van der Waals surface area contributed by atoms with Crippen molar-refractivity contribution in [2.45, 2.75) is 71.0 Å². The zero-order valence-electron chi connectivity index (χ0n) is 27.8. The minimum atomic E-state index is -4.73. The molecule has 0 N–H and O–H groups in total. The lowest BCUT2D eigenvalue weighted by Gasteiger charge is -2.43. The van der Waals surface area contributed by atoms with Crippen molar-refractivity contribution < 1.29 is 46.2 Å². The first-order valence-corrected chi connectivity index (χ1v) is 15.5. The number of carbonyl (C=O) groups is 3. The molecule has 2 atom stereocenters. The highest BCUT2D eigenvalue weighted by molar-refractivity contribution is 5.94. The molecule has 0 fully saturated rings. The largest absolute Gasteiger partial charge is 0.481 e. The molecule has 0 saturated heterocycles. The van der Waals surface area contributed by atoms with E-state index in [2.05, 4.69) is 19.7 Å². The number of ether oxygens (including phenoxy) is 3. The topological polar surface area (TPSA) is 127 Å².